The lowest BCUT2D eigenvalue weighted by atomic mass is 9.72. The van der Waals surface area contributed by atoms with Crippen molar-refractivity contribution >= 4 is 0 Å². The molecule has 0 spiro atoms. The molecule has 14 heavy (non-hydrogen) atoms. The Labute approximate surface area is 84.2 Å². The van der Waals surface area contributed by atoms with Crippen LogP contribution in [0, 0.1) is 17.8 Å². The van der Waals surface area contributed by atoms with Crippen molar-refractivity contribution in [1.82, 2.24) is 0 Å². The molecule has 0 bridgehead atoms. The van der Waals surface area contributed by atoms with Crippen molar-refractivity contribution < 1.29 is 20.4 Å². The van der Waals surface area contributed by atoms with E-state index < -0.39 is 18.3 Å². The Morgan fingerprint density at radius 3 is 2.07 bits per heavy atom. The largest absolute Gasteiger partial charge is 0.396 e. The minimum absolute atomic E-state index is 0.0504. The van der Waals surface area contributed by atoms with Gasteiger partial charge in [-0.1, -0.05) is 13.8 Å². The highest BCUT2D eigenvalue weighted by molar-refractivity contribution is 4.93. The summed E-state index contributed by atoms with van der Waals surface area (Å²) in [6.45, 7) is 3.79. The summed E-state index contributed by atoms with van der Waals surface area (Å²) in [6.07, 6.45) is -2.46. The highest BCUT2D eigenvalue weighted by Gasteiger charge is 2.43. The van der Waals surface area contributed by atoms with E-state index in [1.807, 2.05) is 13.8 Å². The molecule has 1 saturated carbocycles. The minimum atomic E-state index is -1.13. The van der Waals surface area contributed by atoms with Crippen molar-refractivity contribution in [1.29, 1.82) is 0 Å². The normalized spacial score (nSPS) is 44.4. The smallest absolute Gasteiger partial charge is 0.106 e. The molecule has 0 aromatic heterocycles. The first-order valence-electron chi connectivity index (χ1n) is 5.14. The molecule has 4 heteroatoms. The third-order valence-corrected chi connectivity index (χ3v) is 3.29. The quantitative estimate of drug-likeness (QED) is 0.482. The second-order valence-corrected chi connectivity index (χ2v) is 4.56. The van der Waals surface area contributed by atoms with Crippen molar-refractivity contribution in [2.24, 2.45) is 17.8 Å². The molecule has 0 amide bonds. The van der Waals surface area contributed by atoms with Gasteiger partial charge in [-0.05, 0) is 18.3 Å². The van der Waals surface area contributed by atoms with Crippen LogP contribution < -0.4 is 0 Å². The summed E-state index contributed by atoms with van der Waals surface area (Å²) < 4.78 is 0. The molecule has 4 N–H and O–H groups in total. The summed E-state index contributed by atoms with van der Waals surface area (Å²) in [7, 11) is 0. The van der Waals surface area contributed by atoms with Gasteiger partial charge in [-0.25, -0.2) is 0 Å². The topological polar surface area (TPSA) is 80.9 Å². The summed E-state index contributed by atoms with van der Waals surface area (Å²) in [6, 6.07) is 0. The molecule has 5 atom stereocenters. The standard InChI is InChI=1S/C10H20O4/c1-5(2)7-3-6(4-11)8(12)10(14)9(7)13/h5-14H,3-4H2,1-2H3/t6-,7+,8-,9+,10+/m1/s1. The van der Waals surface area contributed by atoms with Crippen LogP contribution in [0.1, 0.15) is 20.3 Å². The van der Waals surface area contributed by atoms with Crippen LogP contribution in [0.15, 0.2) is 0 Å². The van der Waals surface area contributed by atoms with Gasteiger partial charge in [-0.2, -0.15) is 0 Å². The SMILES string of the molecule is CC(C)[C@@H]1C[C@H](CO)[C@@H](O)[C@H](O)[C@H]1O. The Morgan fingerprint density at radius 1 is 1.07 bits per heavy atom. The second-order valence-electron chi connectivity index (χ2n) is 4.56. The molecule has 0 unspecified atom stereocenters. The average Bonchev–Trinajstić information content (AvgIpc) is 2.14. The fourth-order valence-corrected chi connectivity index (χ4v) is 2.21. The third kappa shape index (κ3) is 2.08. The van der Waals surface area contributed by atoms with Crippen LogP contribution in [0.3, 0.4) is 0 Å². The van der Waals surface area contributed by atoms with Gasteiger partial charge in [0.15, 0.2) is 0 Å². The lowest BCUT2D eigenvalue weighted by Crippen LogP contribution is -2.53. The molecule has 0 saturated heterocycles. The maximum Gasteiger partial charge on any atom is 0.106 e. The fourth-order valence-electron chi connectivity index (χ4n) is 2.21. The summed E-state index contributed by atoms with van der Waals surface area (Å²) in [5.41, 5.74) is 0. The summed E-state index contributed by atoms with van der Waals surface area (Å²) >= 11 is 0. The zero-order valence-corrected chi connectivity index (χ0v) is 8.67. The molecule has 1 aliphatic carbocycles. The molecule has 0 heterocycles. The number of hydrogen-bond donors (Lipinski definition) is 4. The van der Waals surface area contributed by atoms with E-state index in [0.717, 1.165) is 0 Å². The van der Waals surface area contributed by atoms with Crippen molar-refractivity contribution in [2.75, 3.05) is 6.61 Å². The number of hydrogen-bond acceptors (Lipinski definition) is 4. The minimum Gasteiger partial charge on any atom is -0.396 e. The molecule has 1 rings (SSSR count). The first kappa shape index (κ1) is 11.9. The van der Waals surface area contributed by atoms with Crippen molar-refractivity contribution in [2.45, 2.75) is 38.6 Å². The molecule has 0 aliphatic heterocycles. The van der Waals surface area contributed by atoms with Gasteiger partial charge in [0, 0.05) is 12.5 Å². The summed E-state index contributed by atoms with van der Waals surface area (Å²) in [5.74, 6) is -0.132. The molecule has 84 valence electrons. The zero-order valence-electron chi connectivity index (χ0n) is 8.67. The van der Waals surface area contributed by atoms with E-state index >= 15 is 0 Å². The van der Waals surface area contributed by atoms with E-state index in [0.29, 0.717) is 6.42 Å². The molecule has 0 radical (unpaired) electrons. The van der Waals surface area contributed by atoms with E-state index in [1.165, 1.54) is 0 Å². The molecule has 1 aliphatic rings. The molecule has 4 nitrogen and oxygen atoms in total. The first-order chi connectivity index (χ1) is 6.49. The lowest BCUT2D eigenvalue weighted by molar-refractivity contribution is -0.149. The van der Waals surface area contributed by atoms with E-state index in [4.69, 9.17) is 5.11 Å². The van der Waals surface area contributed by atoms with Gasteiger partial charge in [0.2, 0.25) is 0 Å². The molecule has 1 fully saturated rings. The Bertz CT molecular complexity index is 181. The lowest BCUT2D eigenvalue weighted by Gasteiger charge is -2.41. The van der Waals surface area contributed by atoms with Gasteiger partial charge >= 0.3 is 0 Å². The van der Waals surface area contributed by atoms with Crippen molar-refractivity contribution in [3.05, 3.63) is 0 Å². The summed E-state index contributed by atoms with van der Waals surface area (Å²) in [5, 5.41) is 37.8. The highest BCUT2D eigenvalue weighted by atomic mass is 16.4. The van der Waals surface area contributed by atoms with Crippen LogP contribution in [-0.2, 0) is 0 Å². The van der Waals surface area contributed by atoms with Gasteiger partial charge in [0.1, 0.15) is 6.10 Å². The maximum atomic E-state index is 9.70. The molecular formula is C10H20O4. The van der Waals surface area contributed by atoms with Crippen molar-refractivity contribution in [3.8, 4) is 0 Å². The van der Waals surface area contributed by atoms with Crippen molar-refractivity contribution in [3.63, 3.8) is 0 Å². The fraction of sp³-hybridized carbons (Fsp3) is 1.00. The average molecular weight is 204 g/mol. The van der Waals surface area contributed by atoms with E-state index in [2.05, 4.69) is 0 Å². The number of aliphatic hydroxyl groups is 4. The van der Waals surface area contributed by atoms with E-state index in [-0.39, 0.29) is 24.4 Å². The predicted octanol–water partition coefficient (Wildman–Crippen LogP) is -0.647. The predicted molar refractivity (Wildman–Crippen MR) is 51.5 cm³/mol. The number of aliphatic hydroxyl groups excluding tert-OH is 4. The second kappa shape index (κ2) is 4.57. The molecular weight excluding hydrogens is 184 g/mol. The van der Waals surface area contributed by atoms with Gasteiger partial charge in [0.05, 0.1) is 12.2 Å². The van der Waals surface area contributed by atoms with Crippen LogP contribution in [0.4, 0.5) is 0 Å². The highest BCUT2D eigenvalue weighted by Crippen LogP contribution is 2.34. The Kier molecular flexibility index (Phi) is 3.89. The van der Waals surface area contributed by atoms with Gasteiger partial charge in [-0.3, -0.25) is 0 Å². The van der Waals surface area contributed by atoms with Gasteiger partial charge in [0.25, 0.3) is 0 Å². The zero-order chi connectivity index (χ0) is 10.9. The van der Waals surface area contributed by atoms with E-state index in [9.17, 15) is 15.3 Å². The van der Waals surface area contributed by atoms with Gasteiger partial charge < -0.3 is 20.4 Å². The maximum absolute atomic E-state index is 9.70. The third-order valence-electron chi connectivity index (χ3n) is 3.29. The monoisotopic (exact) mass is 204 g/mol. The van der Waals surface area contributed by atoms with Crippen LogP contribution in [0.5, 0.6) is 0 Å². The Hall–Kier alpha value is -0.160. The number of rotatable bonds is 2. The first-order valence-corrected chi connectivity index (χ1v) is 5.14. The van der Waals surface area contributed by atoms with E-state index in [1.54, 1.807) is 0 Å². The molecule has 0 aromatic carbocycles. The van der Waals surface area contributed by atoms with Crippen LogP contribution in [0.2, 0.25) is 0 Å². The molecule has 0 aromatic rings. The Balaban J connectivity index is 2.73. The van der Waals surface area contributed by atoms with Crippen LogP contribution >= 0.6 is 0 Å². The van der Waals surface area contributed by atoms with Crippen LogP contribution in [-0.4, -0.2) is 45.3 Å². The summed E-state index contributed by atoms with van der Waals surface area (Å²) in [4.78, 5) is 0. The van der Waals surface area contributed by atoms with Crippen LogP contribution in [0.25, 0.3) is 0 Å². The Morgan fingerprint density at radius 2 is 1.64 bits per heavy atom. The van der Waals surface area contributed by atoms with Gasteiger partial charge in [-0.15, -0.1) is 0 Å².